The molecule has 0 bridgehead atoms. The van der Waals surface area contributed by atoms with Gasteiger partial charge in [0.05, 0.1) is 13.2 Å². The second kappa shape index (κ2) is 8.41. The van der Waals surface area contributed by atoms with Crippen LogP contribution in [0.2, 0.25) is 0 Å². The van der Waals surface area contributed by atoms with Crippen LogP contribution in [-0.4, -0.2) is 52.6 Å². The molecule has 0 saturated heterocycles. The van der Waals surface area contributed by atoms with Crippen molar-refractivity contribution in [3.05, 3.63) is 35.5 Å². The van der Waals surface area contributed by atoms with E-state index in [0.717, 1.165) is 5.39 Å². The Balaban J connectivity index is 1.96. The Bertz CT molecular complexity index is 808. The van der Waals surface area contributed by atoms with Crippen molar-refractivity contribution in [2.24, 2.45) is 0 Å². The molecule has 4 N–H and O–H groups in total. The van der Waals surface area contributed by atoms with Gasteiger partial charge >= 0.3 is 12.1 Å². The molecule has 0 fully saturated rings. The number of nitrogens with one attached hydrogen (secondary N) is 2. The summed E-state index contributed by atoms with van der Waals surface area (Å²) < 4.78 is 9.78. The van der Waals surface area contributed by atoms with Crippen LogP contribution in [0.25, 0.3) is 10.9 Å². The maximum absolute atomic E-state index is 11.6. The third kappa shape index (κ3) is 5.70. The van der Waals surface area contributed by atoms with Crippen LogP contribution in [0.15, 0.2) is 24.3 Å². The van der Waals surface area contributed by atoms with Crippen LogP contribution in [0.4, 0.5) is 4.79 Å². The van der Waals surface area contributed by atoms with Gasteiger partial charge in [0.2, 0.25) is 0 Å². The zero-order valence-electron chi connectivity index (χ0n) is 15.9. The molecule has 8 nitrogen and oxygen atoms in total. The van der Waals surface area contributed by atoms with E-state index >= 15 is 0 Å². The fourth-order valence-corrected chi connectivity index (χ4v) is 2.56. The van der Waals surface area contributed by atoms with Crippen LogP contribution in [0.3, 0.4) is 0 Å². The van der Waals surface area contributed by atoms with Crippen molar-refractivity contribution < 1.29 is 29.3 Å². The molecule has 1 aromatic carbocycles. The molecule has 0 radical (unpaired) electrons. The Labute approximate surface area is 157 Å². The SMILES string of the molecule is COC(=O)c1cc2ccc(C(O)C(O)CCNC(=O)OC(C)(C)C)cc2[nH]1. The molecular weight excluding hydrogens is 352 g/mol. The summed E-state index contributed by atoms with van der Waals surface area (Å²) in [6.45, 7) is 5.43. The van der Waals surface area contributed by atoms with E-state index < -0.39 is 29.9 Å². The Morgan fingerprint density at radius 3 is 2.56 bits per heavy atom. The zero-order chi connectivity index (χ0) is 20.2. The standard InChI is InChI=1S/C19H26N2O6/c1-19(2,3)27-18(25)20-8-7-15(22)16(23)12-6-5-11-9-14(17(24)26-4)21-13(11)10-12/h5-6,9-10,15-16,21-23H,7-8H2,1-4H3,(H,20,25). The van der Waals surface area contributed by atoms with Crippen molar-refractivity contribution in [2.45, 2.75) is 45.0 Å². The Morgan fingerprint density at radius 1 is 1.22 bits per heavy atom. The molecule has 1 aromatic heterocycles. The van der Waals surface area contributed by atoms with Crippen molar-refractivity contribution in [2.75, 3.05) is 13.7 Å². The monoisotopic (exact) mass is 378 g/mol. The van der Waals surface area contributed by atoms with Crippen molar-refractivity contribution in [3.63, 3.8) is 0 Å². The van der Waals surface area contributed by atoms with Crippen LogP contribution >= 0.6 is 0 Å². The van der Waals surface area contributed by atoms with Gasteiger partial charge in [-0.1, -0.05) is 12.1 Å². The highest BCUT2D eigenvalue weighted by atomic mass is 16.6. The number of methoxy groups -OCH3 is 1. The number of benzene rings is 1. The summed E-state index contributed by atoms with van der Waals surface area (Å²) in [4.78, 5) is 26.1. The second-order valence-electron chi connectivity index (χ2n) is 7.25. The number of amides is 1. The zero-order valence-corrected chi connectivity index (χ0v) is 15.9. The van der Waals surface area contributed by atoms with Gasteiger partial charge in [-0.15, -0.1) is 0 Å². The van der Waals surface area contributed by atoms with Gasteiger partial charge in [0.1, 0.15) is 17.4 Å². The molecule has 8 heteroatoms. The van der Waals surface area contributed by atoms with Gasteiger partial charge in [-0.05, 0) is 44.9 Å². The van der Waals surface area contributed by atoms with E-state index in [4.69, 9.17) is 4.74 Å². The highest BCUT2D eigenvalue weighted by molar-refractivity contribution is 5.94. The maximum atomic E-state index is 11.6. The number of hydrogen-bond acceptors (Lipinski definition) is 6. The van der Waals surface area contributed by atoms with E-state index in [1.165, 1.54) is 7.11 Å². The molecule has 2 atom stereocenters. The summed E-state index contributed by atoms with van der Waals surface area (Å²) in [6.07, 6.45) is -2.64. The van der Waals surface area contributed by atoms with Crippen LogP contribution in [0.1, 0.15) is 49.3 Å². The third-order valence-corrected chi connectivity index (χ3v) is 3.87. The lowest BCUT2D eigenvalue weighted by Gasteiger charge is -2.21. The number of carbonyl (C=O) groups is 2. The van der Waals surface area contributed by atoms with Crippen LogP contribution < -0.4 is 5.32 Å². The van der Waals surface area contributed by atoms with Gasteiger partial charge in [-0.3, -0.25) is 0 Å². The molecule has 2 unspecified atom stereocenters. The molecular formula is C19H26N2O6. The smallest absolute Gasteiger partial charge is 0.407 e. The fraction of sp³-hybridized carbons (Fsp3) is 0.474. The molecule has 1 amide bonds. The largest absolute Gasteiger partial charge is 0.464 e. The molecule has 0 aliphatic carbocycles. The number of fused-ring (bicyclic) bond motifs is 1. The maximum Gasteiger partial charge on any atom is 0.407 e. The molecule has 148 valence electrons. The van der Waals surface area contributed by atoms with Crippen LogP contribution in [-0.2, 0) is 9.47 Å². The minimum atomic E-state index is -1.14. The number of aliphatic hydroxyl groups excluding tert-OH is 2. The predicted octanol–water partition coefficient (Wildman–Crippen LogP) is 2.26. The normalized spacial score (nSPS) is 13.9. The minimum Gasteiger partial charge on any atom is -0.464 e. The first-order chi connectivity index (χ1) is 12.6. The first-order valence-corrected chi connectivity index (χ1v) is 8.64. The number of ether oxygens (including phenoxy) is 2. The van der Waals surface area contributed by atoms with Gasteiger partial charge in [-0.2, -0.15) is 0 Å². The summed E-state index contributed by atoms with van der Waals surface area (Å²) in [5.41, 5.74) is 0.842. The summed E-state index contributed by atoms with van der Waals surface area (Å²) >= 11 is 0. The summed E-state index contributed by atoms with van der Waals surface area (Å²) in [5.74, 6) is -0.485. The number of aliphatic hydroxyl groups is 2. The summed E-state index contributed by atoms with van der Waals surface area (Å²) in [6, 6.07) is 6.73. The molecule has 0 saturated carbocycles. The van der Waals surface area contributed by atoms with Gasteiger partial charge < -0.3 is 30.0 Å². The number of esters is 1. The Kier molecular flexibility index (Phi) is 6.45. The summed E-state index contributed by atoms with van der Waals surface area (Å²) in [7, 11) is 1.30. The van der Waals surface area contributed by atoms with E-state index in [-0.39, 0.29) is 13.0 Å². The van der Waals surface area contributed by atoms with Gasteiger partial charge in [-0.25, -0.2) is 9.59 Å². The number of alkyl carbamates (subject to hydrolysis) is 1. The Hall–Kier alpha value is -2.58. The fourth-order valence-electron chi connectivity index (χ4n) is 2.56. The summed E-state index contributed by atoms with van der Waals surface area (Å²) in [5, 5.41) is 23.9. The van der Waals surface area contributed by atoms with E-state index in [0.29, 0.717) is 16.8 Å². The van der Waals surface area contributed by atoms with Crippen molar-refractivity contribution in [1.82, 2.24) is 10.3 Å². The quantitative estimate of drug-likeness (QED) is 0.572. The Morgan fingerprint density at radius 2 is 1.93 bits per heavy atom. The van der Waals surface area contributed by atoms with E-state index in [1.54, 1.807) is 45.0 Å². The topological polar surface area (TPSA) is 121 Å². The van der Waals surface area contributed by atoms with Gasteiger partial charge in [0, 0.05) is 17.4 Å². The van der Waals surface area contributed by atoms with Crippen molar-refractivity contribution in [3.8, 4) is 0 Å². The lowest BCUT2D eigenvalue weighted by Crippen LogP contribution is -2.34. The average Bonchev–Trinajstić information content (AvgIpc) is 3.01. The van der Waals surface area contributed by atoms with Crippen LogP contribution in [0.5, 0.6) is 0 Å². The first kappa shape index (κ1) is 20.7. The number of rotatable bonds is 6. The van der Waals surface area contributed by atoms with E-state index in [1.807, 2.05) is 0 Å². The van der Waals surface area contributed by atoms with Crippen LogP contribution in [0, 0.1) is 0 Å². The lowest BCUT2D eigenvalue weighted by atomic mass is 10.0. The number of hydrogen-bond donors (Lipinski definition) is 4. The van der Waals surface area contributed by atoms with Gasteiger partial charge in [0.25, 0.3) is 0 Å². The minimum absolute atomic E-state index is 0.149. The molecule has 0 spiro atoms. The second-order valence-corrected chi connectivity index (χ2v) is 7.25. The molecule has 2 aromatic rings. The molecule has 1 heterocycles. The third-order valence-electron chi connectivity index (χ3n) is 3.87. The molecule has 0 aliphatic heterocycles. The molecule has 0 aliphatic rings. The first-order valence-electron chi connectivity index (χ1n) is 8.64. The number of aromatic amines is 1. The highest BCUT2D eigenvalue weighted by Crippen LogP contribution is 2.24. The van der Waals surface area contributed by atoms with Gasteiger partial charge in [0.15, 0.2) is 0 Å². The average molecular weight is 378 g/mol. The number of aromatic nitrogens is 1. The number of carbonyl (C=O) groups excluding carboxylic acids is 2. The predicted molar refractivity (Wildman–Crippen MR) is 99.5 cm³/mol. The van der Waals surface area contributed by atoms with E-state index in [9.17, 15) is 19.8 Å². The van der Waals surface area contributed by atoms with E-state index in [2.05, 4.69) is 15.0 Å². The molecule has 2 rings (SSSR count). The lowest BCUT2D eigenvalue weighted by molar-refractivity contribution is 0.0124. The molecule has 27 heavy (non-hydrogen) atoms. The van der Waals surface area contributed by atoms with Crippen molar-refractivity contribution >= 4 is 23.0 Å². The highest BCUT2D eigenvalue weighted by Gasteiger charge is 2.21. The number of H-pyrrole nitrogens is 1. The van der Waals surface area contributed by atoms with Crippen molar-refractivity contribution in [1.29, 1.82) is 0 Å².